The number of nitrogens with one attached hydrogen (secondary N) is 1. The number of methoxy groups -OCH3 is 1. The number of sulfonamides is 1. The SMILES string of the molecule is COc1ccc(CNC(=O)C2(C)CCN(S(=O)(=O)c3ccc(C(C)C)cc3)CC2)cc1. The third-order valence-electron chi connectivity index (χ3n) is 6.17. The van der Waals surface area contributed by atoms with Crippen LogP contribution in [0.15, 0.2) is 53.4 Å². The molecule has 31 heavy (non-hydrogen) atoms. The number of ether oxygens (including phenoxy) is 1. The van der Waals surface area contributed by atoms with Crippen LogP contribution in [-0.2, 0) is 21.4 Å². The molecule has 0 radical (unpaired) electrons. The van der Waals surface area contributed by atoms with E-state index < -0.39 is 15.4 Å². The van der Waals surface area contributed by atoms with E-state index in [1.165, 1.54) is 4.31 Å². The van der Waals surface area contributed by atoms with Gasteiger partial charge in [-0.3, -0.25) is 4.79 Å². The summed E-state index contributed by atoms with van der Waals surface area (Å²) in [5.41, 5.74) is 1.52. The molecule has 0 atom stereocenters. The Bertz CT molecular complexity index is 991. The number of carbonyl (C=O) groups excluding carboxylic acids is 1. The predicted octanol–water partition coefficient (Wildman–Crippen LogP) is 3.93. The average molecular weight is 445 g/mol. The van der Waals surface area contributed by atoms with Gasteiger partial charge in [0.2, 0.25) is 15.9 Å². The smallest absolute Gasteiger partial charge is 0.243 e. The minimum atomic E-state index is -3.55. The Morgan fingerprint density at radius 2 is 1.65 bits per heavy atom. The van der Waals surface area contributed by atoms with Crippen molar-refractivity contribution >= 4 is 15.9 Å². The highest BCUT2D eigenvalue weighted by Crippen LogP contribution is 2.34. The summed E-state index contributed by atoms with van der Waals surface area (Å²) < 4.78 is 32.7. The maximum absolute atomic E-state index is 13.0. The van der Waals surface area contributed by atoms with Crippen LogP contribution in [0.25, 0.3) is 0 Å². The first kappa shape index (κ1) is 23.3. The van der Waals surface area contributed by atoms with E-state index in [0.29, 0.717) is 43.3 Å². The second-order valence-electron chi connectivity index (χ2n) is 8.72. The first-order valence-electron chi connectivity index (χ1n) is 10.7. The Balaban J connectivity index is 1.59. The molecule has 168 valence electrons. The molecule has 0 bridgehead atoms. The van der Waals surface area contributed by atoms with Gasteiger partial charge in [0.25, 0.3) is 0 Å². The molecule has 0 unspecified atom stereocenters. The number of benzene rings is 2. The number of rotatable bonds is 7. The number of piperidine rings is 1. The van der Waals surface area contributed by atoms with Crippen molar-refractivity contribution in [3.05, 3.63) is 59.7 Å². The second kappa shape index (κ2) is 9.40. The van der Waals surface area contributed by atoms with E-state index in [2.05, 4.69) is 19.2 Å². The molecule has 2 aromatic carbocycles. The quantitative estimate of drug-likeness (QED) is 0.702. The highest BCUT2D eigenvalue weighted by Gasteiger charge is 2.40. The topological polar surface area (TPSA) is 75.7 Å². The zero-order valence-corrected chi connectivity index (χ0v) is 19.5. The number of hydrogen-bond donors (Lipinski definition) is 1. The van der Waals surface area contributed by atoms with Crippen molar-refractivity contribution in [1.29, 1.82) is 0 Å². The maximum Gasteiger partial charge on any atom is 0.243 e. The Morgan fingerprint density at radius 3 is 2.16 bits per heavy atom. The minimum absolute atomic E-state index is 0.0401. The molecule has 1 aliphatic rings. The first-order valence-corrected chi connectivity index (χ1v) is 12.1. The van der Waals surface area contributed by atoms with Crippen LogP contribution in [0.4, 0.5) is 0 Å². The van der Waals surface area contributed by atoms with Crippen molar-refractivity contribution < 1.29 is 17.9 Å². The van der Waals surface area contributed by atoms with Crippen LogP contribution in [0.5, 0.6) is 5.75 Å². The van der Waals surface area contributed by atoms with E-state index in [1.54, 1.807) is 19.2 Å². The highest BCUT2D eigenvalue weighted by molar-refractivity contribution is 7.89. The summed E-state index contributed by atoms with van der Waals surface area (Å²) in [4.78, 5) is 13.1. The van der Waals surface area contributed by atoms with Gasteiger partial charge >= 0.3 is 0 Å². The van der Waals surface area contributed by atoms with Crippen LogP contribution in [0.1, 0.15) is 50.7 Å². The lowest BCUT2D eigenvalue weighted by Crippen LogP contribution is -2.48. The van der Waals surface area contributed by atoms with Gasteiger partial charge in [-0.1, -0.05) is 45.0 Å². The molecule has 0 aliphatic carbocycles. The van der Waals surface area contributed by atoms with Crippen molar-refractivity contribution in [2.24, 2.45) is 5.41 Å². The van der Waals surface area contributed by atoms with E-state index >= 15 is 0 Å². The number of hydrogen-bond acceptors (Lipinski definition) is 4. The van der Waals surface area contributed by atoms with E-state index in [9.17, 15) is 13.2 Å². The summed E-state index contributed by atoms with van der Waals surface area (Å²) in [6.07, 6.45) is 0.982. The van der Waals surface area contributed by atoms with Gasteiger partial charge in [0.1, 0.15) is 5.75 Å². The lowest BCUT2D eigenvalue weighted by molar-refractivity contribution is -0.132. The fraction of sp³-hybridized carbons (Fsp3) is 0.458. The van der Waals surface area contributed by atoms with Crippen LogP contribution in [-0.4, -0.2) is 38.8 Å². The summed E-state index contributed by atoms with van der Waals surface area (Å²) in [6, 6.07) is 14.7. The minimum Gasteiger partial charge on any atom is -0.497 e. The van der Waals surface area contributed by atoms with E-state index in [0.717, 1.165) is 16.9 Å². The average Bonchev–Trinajstić information content (AvgIpc) is 2.78. The molecule has 0 saturated carbocycles. The normalized spacial score (nSPS) is 16.8. The van der Waals surface area contributed by atoms with Gasteiger partial charge in [-0.25, -0.2) is 8.42 Å². The molecule has 0 aromatic heterocycles. The molecular weight excluding hydrogens is 412 g/mol. The molecule has 1 saturated heterocycles. The number of nitrogens with zero attached hydrogens (tertiary/aromatic N) is 1. The van der Waals surface area contributed by atoms with Gasteiger partial charge in [0, 0.05) is 25.0 Å². The summed E-state index contributed by atoms with van der Waals surface area (Å²) in [6.45, 7) is 7.17. The first-order chi connectivity index (χ1) is 14.7. The summed E-state index contributed by atoms with van der Waals surface area (Å²) in [5.74, 6) is 1.08. The van der Waals surface area contributed by atoms with Gasteiger partial charge in [-0.05, 0) is 54.2 Å². The van der Waals surface area contributed by atoms with Gasteiger partial charge in [0.05, 0.1) is 12.0 Å². The molecule has 0 spiro atoms. The molecule has 1 aliphatic heterocycles. The van der Waals surface area contributed by atoms with Crippen LogP contribution in [0, 0.1) is 5.41 Å². The molecule has 3 rings (SSSR count). The van der Waals surface area contributed by atoms with Gasteiger partial charge in [-0.15, -0.1) is 0 Å². The lowest BCUT2D eigenvalue weighted by atomic mass is 9.80. The Morgan fingerprint density at radius 1 is 1.06 bits per heavy atom. The fourth-order valence-electron chi connectivity index (χ4n) is 3.76. The fourth-order valence-corrected chi connectivity index (χ4v) is 5.20. The van der Waals surface area contributed by atoms with Crippen molar-refractivity contribution in [2.45, 2.75) is 51.0 Å². The zero-order chi connectivity index (χ0) is 22.6. The van der Waals surface area contributed by atoms with Gasteiger partial charge < -0.3 is 10.1 Å². The Hall–Kier alpha value is -2.38. The van der Waals surface area contributed by atoms with E-state index in [-0.39, 0.29) is 5.91 Å². The number of amides is 1. The molecule has 7 heteroatoms. The standard InChI is InChI=1S/C24H32N2O4S/c1-18(2)20-7-11-22(12-8-20)31(28,29)26-15-13-24(3,14-16-26)23(27)25-17-19-5-9-21(30-4)10-6-19/h5-12,18H,13-17H2,1-4H3,(H,25,27). The Labute approximate surface area is 185 Å². The summed E-state index contributed by atoms with van der Waals surface area (Å²) in [7, 11) is -1.94. The van der Waals surface area contributed by atoms with Gasteiger partial charge in [0.15, 0.2) is 0 Å². The molecular formula is C24H32N2O4S. The number of carbonyl (C=O) groups is 1. The Kier molecular flexibility index (Phi) is 7.06. The summed E-state index contributed by atoms with van der Waals surface area (Å²) in [5, 5.41) is 3.00. The van der Waals surface area contributed by atoms with Crippen molar-refractivity contribution in [3.8, 4) is 5.75 Å². The van der Waals surface area contributed by atoms with Crippen LogP contribution < -0.4 is 10.1 Å². The van der Waals surface area contributed by atoms with Crippen molar-refractivity contribution in [1.82, 2.24) is 9.62 Å². The molecule has 2 aromatic rings. The molecule has 1 heterocycles. The monoisotopic (exact) mass is 444 g/mol. The van der Waals surface area contributed by atoms with Crippen LogP contribution in [0.3, 0.4) is 0 Å². The third kappa shape index (κ3) is 5.28. The molecule has 1 fully saturated rings. The van der Waals surface area contributed by atoms with Crippen LogP contribution >= 0.6 is 0 Å². The largest absolute Gasteiger partial charge is 0.497 e. The zero-order valence-electron chi connectivity index (χ0n) is 18.7. The molecule has 1 amide bonds. The molecule has 6 nitrogen and oxygen atoms in total. The van der Waals surface area contributed by atoms with E-state index in [1.807, 2.05) is 43.3 Å². The van der Waals surface area contributed by atoms with Crippen molar-refractivity contribution in [2.75, 3.05) is 20.2 Å². The van der Waals surface area contributed by atoms with Gasteiger partial charge in [-0.2, -0.15) is 4.31 Å². The van der Waals surface area contributed by atoms with Crippen molar-refractivity contribution in [3.63, 3.8) is 0 Å². The van der Waals surface area contributed by atoms with E-state index in [4.69, 9.17) is 4.74 Å². The van der Waals surface area contributed by atoms with Crippen LogP contribution in [0.2, 0.25) is 0 Å². The molecule has 1 N–H and O–H groups in total. The summed E-state index contributed by atoms with van der Waals surface area (Å²) >= 11 is 0. The second-order valence-corrected chi connectivity index (χ2v) is 10.7. The maximum atomic E-state index is 13.0. The predicted molar refractivity (Wildman–Crippen MR) is 121 cm³/mol. The third-order valence-corrected chi connectivity index (χ3v) is 8.08. The lowest BCUT2D eigenvalue weighted by Gasteiger charge is -2.37. The highest BCUT2D eigenvalue weighted by atomic mass is 32.2.